The predicted octanol–water partition coefficient (Wildman–Crippen LogP) is 3.08. The molecule has 0 N–H and O–H groups in total. The van der Waals surface area contributed by atoms with Crippen molar-refractivity contribution in [1.82, 2.24) is 0 Å². The van der Waals surface area contributed by atoms with E-state index in [1.165, 1.54) is 5.57 Å². The van der Waals surface area contributed by atoms with E-state index < -0.39 is 0 Å². The zero-order valence-electron chi connectivity index (χ0n) is 6.22. The number of rotatable bonds is 3. The lowest BCUT2D eigenvalue weighted by molar-refractivity contribution is 1.22. The molecule has 0 rings (SSSR count). The topological polar surface area (TPSA) is 0 Å². The Bertz CT molecular complexity index is 127. The van der Waals surface area contributed by atoms with E-state index in [1.54, 1.807) is 0 Å². The molecular formula is C9H14. The molecule has 0 bridgehead atoms. The average Bonchev–Trinajstić information content (AvgIpc) is 1.91. The van der Waals surface area contributed by atoms with Crippen LogP contribution in [0.25, 0.3) is 0 Å². The SMILES string of the molecule is C=CC(/C=C\CC)=C/C. The van der Waals surface area contributed by atoms with Gasteiger partial charge in [0.1, 0.15) is 0 Å². The van der Waals surface area contributed by atoms with Crippen LogP contribution in [0, 0.1) is 0 Å². The second kappa shape index (κ2) is 5.36. The van der Waals surface area contributed by atoms with E-state index in [4.69, 9.17) is 0 Å². The maximum Gasteiger partial charge on any atom is -0.0308 e. The summed E-state index contributed by atoms with van der Waals surface area (Å²) in [7, 11) is 0. The summed E-state index contributed by atoms with van der Waals surface area (Å²) in [6.07, 6.45) is 9.18. The van der Waals surface area contributed by atoms with Gasteiger partial charge in [-0.1, -0.05) is 37.8 Å². The fourth-order valence-electron chi connectivity index (χ4n) is 0.536. The molecule has 0 unspecified atom stereocenters. The van der Waals surface area contributed by atoms with Crippen LogP contribution in [0.15, 0.2) is 36.5 Å². The second-order valence-electron chi connectivity index (χ2n) is 1.80. The molecule has 0 spiro atoms. The highest BCUT2D eigenvalue weighted by Gasteiger charge is 1.76. The summed E-state index contributed by atoms with van der Waals surface area (Å²) < 4.78 is 0. The van der Waals surface area contributed by atoms with Gasteiger partial charge >= 0.3 is 0 Å². The zero-order valence-corrected chi connectivity index (χ0v) is 6.22. The molecule has 0 radical (unpaired) electrons. The summed E-state index contributed by atoms with van der Waals surface area (Å²) in [6, 6.07) is 0. The average molecular weight is 122 g/mol. The van der Waals surface area contributed by atoms with Crippen molar-refractivity contribution in [2.75, 3.05) is 0 Å². The van der Waals surface area contributed by atoms with E-state index >= 15 is 0 Å². The highest BCUT2D eigenvalue weighted by Crippen LogP contribution is 1.97. The summed E-state index contributed by atoms with van der Waals surface area (Å²) in [6.45, 7) is 7.79. The number of hydrogen-bond donors (Lipinski definition) is 0. The van der Waals surface area contributed by atoms with Gasteiger partial charge in [0.15, 0.2) is 0 Å². The summed E-state index contributed by atoms with van der Waals surface area (Å²) >= 11 is 0. The number of hydrogen-bond acceptors (Lipinski definition) is 0. The third kappa shape index (κ3) is 3.77. The lowest BCUT2D eigenvalue weighted by Gasteiger charge is -1.86. The molecule has 0 nitrogen and oxygen atoms in total. The van der Waals surface area contributed by atoms with Crippen molar-refractivity contribution in [2.45, 2.75) is 20.3 Å². The van der Waals surface area contributed by atoms with Gasteiger partial charge in [0.05, 0.1) is 0 Å². The molecule has 0 aliphatic heterocycles. The molecule has 0 aliphatic carbocycles. The van der Waals surface area contributed by atoms with Crippen LogP contribution in [0.1, 0.15) is 20.3 Å². The van der Waals surface area contributed by atoms with Crippen LogP contribution in [-0.4, -0.2) is 0 Å². The van der Waals surface area contributed by atoms with Gasteiger partial charge in [0.2, 0.25) is 0 Å². The van der Waals surface area contributed by atoms with E-state index in [2.05, 4.69) is 25.7 Å². The van der Waals surface area contributed by atoms with Crippen molar-refractivity contribution in [3.63, 3.8) is 0 Å². The van der Waals surface area contributed by atoms with Gasteiger partial charge in [0.25, 0.3) is 0 Å². The Balaban J connectivity index is 3.84. The molecule has 0 saturated heterocycles. The Morgan fingerprint density at radius 2 is 2.22 bits per heavy atom. The van der Waals surface area contributed by atoms with Crippen LogP contribution < -0.4 is 0 Å². The van der Waals surface area contributed by atoms with E-state index in [0.717, 1.165) is 6.42 Å². The molecule has 0 aromatic rings. The van der Waals surface area contributed by atoms with Crippen LogP contribution in [0.3, 0.4) is 0 Å². The lowest BCUT2D eigenvalue weighted by Crippen LogP contribution is -1.65. The van der Waals surface area contributed by atoms with Crippen LogP contribution in [0.4, 0.5) is 0 Å². The van der Waals surface area contributed by atoms with Crippen molar-refractivity contribution >= 4 is 0 Å². The largest absolute Gasteiger partial charge is 0.0985 e. The standard InChI is InChI=1S/C9H14/c1-4-7-8-9(5-2)6-3/h5-8H,2,4H2,1,3H3/b8-7-,9-6-. The first kappa shape index (κ1) is 8.22. The molecule has 0 aromatic heterocycles. The molecule has 0 fully saturated rings. The quantitative estimate of drug-likeness (QED) is 0.504. The van der Waals surface area contributed by atoms with Crippen LogP contribution in [0.2, 0.25) is 0 Å². The molecule has 0 amide bonds. The van der Waals surface area contributed by atoms with Crippen molar-refractivity contribution < 1.29 is 0 Å². The van der Waals surface area contributed by atoms with Crippen molar-refractivity contribution in [2.24, 2.45) is 0 Å². The Labute approximate surface area is 57.6 Å². The molecule has 0 saturated carbocycles. The van der Waals surface area contributed by atoms with Gasteiger partial charge in [-0.15, -0.1) is 0 Å². The molecular weight excluding hydrogens is 108 g/mol. The van der Waals surface area contributed by atoms with Gasteiger partial charge < -0.3 is 0 Å². The van der Waals surface area contributed by atoms with Crippen molar-refractivity contribution in [3.8, 4) is 0 Å². The Morgan fingerprint density at radius 3 is 2.56 bits per heavy atom. The normalized spacial score (nSPS) is 12.4. The summed E-state index contributed by atoms with van der Waals surface area (Å²) in [5.41, 5.74) is 1.19. The minimum atomic E-state index is 1.09. The summed E-state index contributed by atoms with van der Waals surface area (Å²) in [5, 5.41) is 0. The van der Waals surface area contributed by atoms with E-state index in [9.17, 15) is 0 Å². The molecule has 0 heteroatoms. The zero-order chi connectivity index (χ0) is 7.11. The predicted molar refractivity (Wildman–Crippen MR) is 43.4 cm³/mol. The molecule has 0 heterocycles. The molecule has 0 atom stereocenters. The molecule has 0 aromatic carbocycles. The molecule has 50 valence electrons. The van der Waals surface area contributed by atoms with E-state index in [1.807, 2.05) is 19.1 Å². The van der Waals surface area contributed by atoms with Gasteiger partial charge in [0, 0.05) is 0 Å². The monoisotopic (exact) mass is 122 g/mol. The minimum absolute atomic E-state index is 1.09. The van der Waals surface area contributed by atoms with Crippen molar-refractivity contribution in [3.05, 3.63) is 36.5 Å². The van der Waals surface area contributed by atoms with E-state index in [-0.39, 0.29) is 0 Å². The minimum Gasteiger partial charge on any atom is -0.0985 e. The molecule has 0 aliphatic rings. The summed E-state index contributed by atoms with van der Waals surface area (Å²) in [4.78, 5) is 0. The third-order valence-corrected chi connectivity index (χ3v) is 1.12. The Kier molecular flexibility index (Phi) is 4.89. The fourth-order valence-corrected chi connectivity index (χ4v) is 0.536. The van der Waals surface area contributed by atoms with Gasteiger partial charge in [-0.25, -0.2) is 0 Å². The smallest absolute Gasteiger partial charge is 0.0308 e. The second-order valence-corrected chi connectivity index (χ2v) is 1.80. The first-order valence-electron chi connectivity index (χ1n) is 3.30. The Morgan fingerprint density at radius 1 is 1.56 bits per heavy atom. The van der Waals surface area contributed by atoms with Crippen LogP contribution >= 0.6 is 0 Å². The van der Waals surface area contributed by atoms with Crippen LogP contribution in [0.5, 0.6) is 0 Å². The Hall–Kier alpha value is -0.780. The maximum atomic E-state index is 3.67. The van der Waals surface area contributed by atoms with Crippen molar-refractivity contribution in [1.29, 1.82) is 0 Å². The fraction of sp³-hybridized carbons (Fsp3) is 0.333. The van der Waals surface area contributed by atoms with Crippen LogP contribution in [-0.2, 0) is 0 Å². The maximum absolute atomic E-state index is 3.67. The number of allylic oxidation sites excluding steroid dienone is 5. The molecule has 9 heavy (non-hydrogen) atoms. The van der Waals surface area contributed by atoms with E-state index in [0.29, 0.717) is 0 Å². The van der Waals surface area contributed by atoms with Gasteiger partial charge in [-0.3, -0.25) is 0 Å². The first-order valence-corrected chi connectivity index (χ1v) is 3.30. The lowest BCUT2D eigenvalue weighted by atomic mass is 10.2. The summed E-state index contributed by atoms with van der Waals surface area (Å²) in [5.74, 6) is 0. The van der Waals surface area contributed by atoms with Gasteiger partial charge in [-0.2, -0.15) is 0 Å². The third-order valence-electron chi connectivity index (χ3n) is 1.12. The van der Waals surface area contributed by atoms with Gasteiger partial charge in [-0.05, 0) is 18.9 Å². The highest BCUT2D eigenvalue weighted by atomic mass is 13.8. The first-order chi connectivity index (χ1) is 4.35. The highest BCUT2D eigenvalue weighted by molar-refractivity contribution is 5.27.